The van der Waals surface area contributed by atoms with Crippen LogP contribution in [0.15, 0.2) is 0 Å². The van der Waals surface area contributed by atoms with Gasteiger partial charge in [0.05, 0.1) is 6.61 Å². The summed E-state index contributed by atoms with van der Waals surface area (Å²) in [7, 11) is -1.93. The summed E-state index contributed by atoms with van der Waals surface area (Å²) in [4.78, 5) is 2.33. The van der Waals surface area contributed by atoms with Crippen molar-refractivity contribution in [2.75, 3.05) is 26.5 Å². The summed E-state index contributed by atoms with van der Waals surface area (Å²) in [5.41, 5.74) is 0. The number of rotatable bonds is 9. The average molecular weight is 277 g/mol. The Bertz CT molecular complexity index is 265. The predicted molar refractivity (Wildman–Crippen MR) is 83.4 cm³/mol. The molecule has 0 aliphatic rings. The molecule has 0 fully saturated rings. The van der Waals surface area contributed by atoms with Crippen molar-refractivity contribution in [1.29, 1.82) is 0 Å². The van der Waals surface area contributed by atoms with E-state index in [2.05, 4.69) is 52.7 Å². The molecule has 18 heavy (non-hydrogen) atoms. The molecular weight excluding hydrogens is 245 g/mol. The molecule has 110 valence electrons. The predicted octanol–water partition coefficient (Wildman–Crippen LogP) is 3.91. The van der Waals surface area contributed by atoms with Crippen LogP contribution in [-0.4, -0.2) is 43.8 Å². The molecule has 0 amide bonds. The lowest BCUT2D eigenvalue weighted by Crippen LogP contribution is -2.35. The van der Waals surface area contributed by atoms with Gasteiger partial charge in [-0.1, -0.05) is 34.0 Å². The fraction of sp³-hybridized carbons (Fsp3) is 0.929. The highest BCUT2D eigenvalue weighted by Gasteiger charge is 2.16. The van der Waals surface area contributed by atoms with E-state index in [0.717, 1.165) is 13.2 Å². The molecule has 0 aromatic rings. The molecule has 0 aromatic heterocycles. The zero-order valence-electron chi connectivity index (χ0n) is 13.3. The van der Waals surface area contributed by atoms with Crippen molar-refractivity contribution in [2.45, 2.75) is 47.6 Å². The van der Waals surface area contributed by atoms with Crippen LogP contribution in [0.4, 0.5) is 0 Å². The van der Waals surface area contributed by atoms with E-state index in [0.29, 0.717) is 24.6 Å². The van der Waals surface area contributed by atoms with Gasteiger partial charge < -0.3 is 9.05 Å². The second-order valence-corrected chi connectivity index (χ2v) is 8.77. The van der Waals surface area contributed by atoms with Crippen molar-refractivity contribution in [2.24, 2.45) is 11.8 Å². The topological polar surface area (TPSA) is 21.7 Å². The second kappa shape index (κ2) is 8.37. The fourth-order valence-electron chi connectivity index (χ4n) is 1.42. The van der Waals surface area contributed by atoms with Gasteiger partial charge in [-0.2, -0.15) is 0 Å². The Balaban J connectivity index is 4.20. The third kappa shape index (κ3) is 9.16. The molecule has 0 bridgehead atoms. The third-order valence-corrected chi connectivity index (χ3v) is 3.86. The van der Waals surface area contributed by atoms with Crippen LogP contribution in [0.3, 0.4) is 0 Å². The second-order valence-electron chi connectivity index (χ2n) is 6.22. The van der Waals surface area contributed by atoms with Gasteiger partial charge >= 0.3 is 0 Å². The summed E-state index contributed by atoms with van der Waals surface area (Å²) in [6.45, 7) is 17.5. The van der Waals surface area contributed by atoms with Crippen LogP contribution >= 0.6 is 7.34 Å². The minimum Gasteiger partial charge on any atom is -0.337 e. The maximum absolute atomic E-state index is 5.91. The van der Waals surface area contributed by atoms with Crippen molar-refractivity contribution in [3.8, 4) is 0 Å². The van der Waals surface area contributed by atoms with Gasteiger partial charge in [0.15, 0.2) is 0 Å². The summed E-state index contributed by atoms with van der Waals surface area (Å²) in [5, 5.41) is 0. The van der Waals surface area contributed by atoms with Gasteiger partial charge in [-0.05, 0) is 25.7 Å². The van der Waals surface area contributed by atoms with Gasteiger partial charge in [-0.3, -0.25) is 4.90 Å². The monoisotopic (exact) mass is 277 g/mol. The third-order valence-electron chi connectivity index (χ3n) is 2.51. The molecule has 0 saturated carbocycles. The summed E-state index contributed by atoms with van der Waals surface area (Å²) in [6.07, 6.45) is 4.09. The molecule has 0 saturated heterocycles. The summed E-state index contributed by atoms with van der Waals surface area (Å²) in [5.74, 6) is 1.16. The first-order valence-electron chi connectivity index (χ1n) is 6.88. The SMILES string of the molecule is C=P(C)(OCC(C)C)OCN(CC(C)C)C(C)C. The van der Waals surface area contributed by atoms with E-state index in [1.165, 1.54) is 0 Å². The van der Waals surface area contributed by atoms with E-state index in [-0.39, 0.29) is 0 Å². The normalized spacial score (nSPS) is 15.9. The first-order valence-corrected chi connectivity index (χ1v) is 9.13. The highest BCUT2D eigenvalue weighted by Crippen LogP contribution is 2.43. The summed E-state index contributed by atoms with van der Waals surface area (Å²) >= 11 is 0. The molecule has 0 aliphatic carbocycles. The Hall–Kier alpha value is 0.180. The fourth-order valence-corrected chi connectivity index (χ4v) is 2.50. The smallest absolute Gasteiger partial charge is 0.116 e. The Kier molecular flexibility index (Phi) is 8.45. The zero-order chi connectivity index (χ0) is 14.3. The number of nitrogens with zero attached hydrogens (tertiary/aromatic N) is 1. The van der Waals surface area contributed by atoms with Gasteiger partial charge in [0.25, 0.3) is 0 Å². The minimum atomic E-state index is -1.93. The largest absolute Gasteiger partial charge is 0.337 e. The first kappa shape index (κ1) is 18.2. The molecule has 0 rings (SSSR count). The lowest BCUT2D eigenvalue weighted by atomic mass is 10.2. The summed E-state index contributed by atoms with van der Waals surface area (Å²) in [6, 6.07) is 0.484. The molecule has 0 spiro atoms. The Morgan fingerprint density at radius 2 is 1.56 bits per heavy atom. The quantitative estimate of drug-likeness (QED) is 0.471. The van der Waals surface area contributed by atoms with Crippen LogP contribution in [0.25, 0.3) is 0 Å². The Labute approximate surface area is 114 Å². The average Bonchev–Trinajstić information content (AvgIpc) is 2.21. The van der Waals surface area contributed by atoms with E-state index in [1.807, 2.05) is 6.66 Å². The Morgan fingerprint density at radius 1 is 1.00 bits per heavy atom. The van der Waals surface area contributed by atoms with Crippen LogP contribution in [0.2, 0.25) is 0 Å². The number of hydrogen-bond acceptors (Lipinski definition) is 3. The molecule has 3 nitrogen and oxygen atoms in total. The maximum Gasteiger partial charge on any atom is 0.116 e. The van der Waals surface area contributed by atoms with E-state index >= 15 is 0 Å². The van der Waals surface area contributed by atoms with Gasteiger partial charge in [0, 0.05) is 19.3 Å². The van der Waals surface area contributed by atoms with E-state index in [9.17, 15) is 0 Å². The lowest BCUT2D eigenvalue weighted by molar-refractivity contribution is 0.0797. The van der Waals surface area contributed by atoms with E-state index in [4.69, 9.17) is 9.05 Å². The lowest BCUT2D eigenvalue weighted by Gasteiger charge is -2.31. The van der Waals surface area contributed by atoms with Crippen molar-refractivity contribution in [1.82, 2.24) is 4.90 Å². The molecule has 0 radical (unpaired) electrons. The molecule has 4 heteroatoms. The van der Waals surface area contributed by atoms with Crippen molar-refractivity contribution in [3.63, 3.8) is 0 Å². The van der Waals surface area contributed by atoms with Crippen LogP contribution in [0.1, 0.15) is 41.5 Å². The molecule has 0 aromatic carbocycles. The molecule has 1 atom stereocenters. The molecular formula is C14H32NO2P. The first-order chi connectivity index (χ1) is 8.14. The Morgan fingerprint density at radius 3 is 1.94 bits per heavy atom. The molecule has 0 N–H and O–H groups in total. The van der Waals surface area contributed by atoms with Gasteiger partial charge in [-0.15, -0.1) is 0 Å². The highest BCUT2D eigenvalue weighted by atomic mass is 31.2. The van der Waals surface area contributed by atoms with Gasteiger partial charge in [0.2, 0.25) is 0 Å². The van der Waals surface area contributed by atoms with Crippen LogP contribution in [0, 0.1) is 11.8 Å². The van der Waals surface area contributed by atoms with Crippen LogP contribution in [-0.2, 0) is 9.05 Å². The highest BCUT2D eigenvalue weighted by molar-refractivity contribution is 7.63. The maximum atomic E-state index is 5.91. The summed E-state index contributed by atoms with van der Waals surface area (Å²) < 4.78 is 11.7. The standard InChI is InChI=1S/C14H32NO2P/c1-12(2)9-15(14(5)6)11-17-18(7,8)16-10-13(3)4/h12-14H,7,9-11H2,1-6,8H3. The zero-order valence-corrected chi connectivity index (χ0v) is 14.2. The van der Waals surface area contributed by atoms with E-state index in [1.54, 1.807) is 0 Å². The molecule has 1 unspecified atom stereocenters. The van der Waals surface area contributed by atoms with Crippen LogP contribution in [0.5, 0.6) is 0 Å². The van der Waals surface area contributed by atoms with Crippen molar-refractivity contribution >= 4 is 13.6 Å². The number of hydrogen-bond donors (Lipinski definition) is 0. The molecule has 0 heterocycles. The van der Waals surface area contributed by atoms with E-state index < -0.39 is 7.34 Å². The van der Waals surface area contributed by atoms with Crippen LogP contribution < -0.4 is 0 Å². The van der Waals surface area contributed by atoms with Crippen molar-refractivity contribution < 1.29 is 9.05 Å². The van der Waals surface area contributed by atoms with Crippen molar-refractivity contribution in [3.05, 3.63) is 0 Å². The minimum absolute atomic E-state index is 0.484. The van der Waals surface area contributed by atoms with Gasteiger partial charge in [-0.25, -0.2) is 0 Å². The molecule has 0 aliphatic heterocycles. The van der Waals surface area contributed by atoms with Gasteiger partial charge in [0.1, 0.15) is 14.1 Å².